The van der Waals surface area contributed by atoms with Gasteiger partial charge in [-0.15, -0.1) is 0 Å². The molecule has 0 bridgehead atoms. The molecule has 1 aliphatic carbocycles. The summed E-state index contributed by atoms with van der Waals surface area (Å²) < 4.78 is 0. The molecule has 5 heteroatoms. The number of Topliss-reactive ketones (excluding diaryl/α,β-unsaturated/α-hetero) is 1. The lowest BCUT2D eigenvalue weighted by Crippen LogP contribution is -2.27. The maximum atomic E-state index is 13.5. The Bertz CT molecular complexity index is 1160. The summed E-state index contributed by atoms with van der Waals surface area (Å²) in [6, 6.07) is 23.3. The Morgan fingerprint density at radius 2 is 1.57 bits per heavy atom. The number of benzene rings is 3. The molecule has 5 rings (SSSR count). The van der Waals surface area contributed by atoms with E-state index < -0.39 is 0 Å². The van der Waals surface area contributed by atoms with Crippen LogP contribution in [-0.4, -0.2) is 5.78 Å². The molecular formula is C25H20Cl2N2O. The zero-order valence-electron chi connectivity index (χ0n) is 16.2. The number of anilines is 2. The standard InChI is InChI=1S/C25H20Cl2N2O/c26-17-10-11-18(19(27)14-17)25-24-22(28-20-8-4-5-9-21(20)29-25)12-16(13-23(24)30)15-6-2-1-3-7-15/h1-11,14,16,25,28-29H,12-13H2/t16-,25+/m0/s1. The predicted octanol–water partition coefficient (Wildman–Crippen LogP) is 6.97. The molecule has 0 aromatic heterocycles. The largest absolute Gasteiger partial charge is 0.372 e. The molecule has 3 nitrogen and oxygen atoms in total. The molecule has 2 atom stereocenters. The molecule has 1 heterocycles. The Balaban J connectivity index is 1.64. The Hall–Kier alpha value is -2.75. The van der Waals surface area contributed by atoms with Gasteiger partial charge in [0.25, 0.3) is 0 Å². The van der Waals surface area contributed by atoms with Crippen molar-refractivity contribution >= 4 is 40.4 Å². The number of carbonyl (C=O) groups is 1. The zero-order chi connectivity index (χ0) is 20.7. The Morgan fingerprint density at radius 1 is 0.833 bits per heavy atom. The SMILES string of the molecule is O=C1C[C@@H](c2ccccc2)CC2=C1[C@@H](c1ccc(Cl)cc1Cl)Nc1ccccc1N2. The summed E-state index contributed by atoms with van der Waals surface area (Å²) in [4.78, 5) is 13.5. The van der Waals surface area contributed by atoms with Crippen molar-refractivity contribution < 1.29 is 4.79 Å². The first kappa shape index (κ1) is 19.2. The van der Waals surface area contributed by atoms with Crippen molar-refractivity contribution in [3.05, 3.63) is 105 Å². The average Bonchev–Trinajstić information content (AvgIpc) is 2.91. The topological polar surface area (TPSA) is 41.1 Å². The van der Waals surface area contributed by atoms with E-state index in [0.29, 0.717) is 16.5 Å². The van der Waals surface area contributed by atoms with Gasteiger partial charge in [-0.25, -0.2) is 0 Å². The maximum Gasteiger partial charge on any atom is 0.163 e. The third-order valence-electron chi connectivity index (χ3n) is 5.85. The van der Waals surface area contributed by atoms with Crippen molar-refractivity contribution in [2.24, 2.45) is 0 Å². The molecule has 0 spiro atoms. The van der Waals surface area contributed by atoms with Crippen molar-refractivity contribution in [1.29, 1.82) is 0 Å². The van der Waals surface area contributed by atoms with Crippen LogP contribution >= 0.6 is 23.2 Å². The second-order valence-corrected chi connectivity index (χ2v) is 8.59. The van der Waals surface area contributed by atoms with Crippen LogP contribution in [0.5, 0.6) is 0 Å². The number of hydrogen-bond donors (Lipinski definition) is 2. The molecule has 0 saturated carbocycles. The van der Waals surface area contributed by atoms with E-state index in [2.05, 4.69) is 22.8 Å². The minimum atomic E-state index is -0.342. The smallest absolute Gasteiger partial charge is 0.163 e. The van der Waals surface area contributed by atoms with Crippen LogP contribution in [0.15, 0.2) is 84.1 Å². The zero-order valence-corrected chi connectivity index (χ0v) is 17.7. The van der Waals surface area contributed by atoms with Gasteiger partial charge in [-0.3, -0.25) is 4.79 Å². The fourth-order valence-corrected chi connectivity index (χ4v) is 4.94. The summed E-state index contributed by atoms with van der Waals surface area (Å²) in [5.74, 6) is 0.283. The first-order valence-corrected chi connectivity index (χ1v) is 10.7. The highest BCUT2D eigenvalue weighted by molar-refractivity contribution is 6.35. The summed E-state index contributed by atoms with van der Waals surface area (Å²) in [6.07, 6.45) is 1.24. The molecule has 30 heavy (non-hydrogen) atoms. The molecule has 0 radical (unpaired) electrons. The Kier molecular flexibility index (Phi) is 5.01. The number of nitrogens with one attached hydrogen (secondary N) is 2. The van der Waals surface area contributed by atoms with Gasteiger partial charge in [0.2, 0.25) is 0 Å². The molecule has 1 aliphatic heterocycles. The summed E-state index contributed by atoms with van der Waals surface area (Å²) in [5, 5.41) is 8.22. The van der Waals surface area contributed by atoms with Gasteiger partial charge in [0, 0.05) is 27.7 Å². The van der Waals surface area contributed by atoms with Gasteiger partial charge in [0.1, 0.15) is 0 Å². The van der Waals surface area contributed by atoms with Gasteiger partial charge >= 0.3 is 0 Å². The number of allylic oxidation sites excluding steroid dienone is 1. The van der Waals surface area contributed by atoms with E-state index in [4.69, 9.17) is 23.2 Å². The minimum Gasteiger partial charge on any atom is -0.372 e. The van der Waals surface area contributed by atoms with E-state index in [-0.39, 0.29) is 17.7 Å². The van der Waals surface area contributed by atoms with Crippen LogP contribution in [0.4, 0.5) is 11.4 Å². The molecule has 0 fully saturated rings. The van der Waals surface area contributed by atoms with E-state index in [1.54, 1.807) is 6.07 Å². The van der Waals surface area contributed by atoms with Crippen LogP contribution in [0.25, 0.3) is 0 Å². The van der Waals surface area contributed by atoms with Gasteiger partial charge in [0.05, 0.1) is 17.4 Å². The van der Waals surface area contributed by atoms with Gasteiger partial charge in [-0.2, -0.15) is 0 Å². The maximum absolute atomic E-state index is 13.5. The lowest BCUT2D eigenvalue weighted by molar-refractivity contribution is -0.116. The number of para-hydroxylation sites is 2. The van der Waals surface area contributed by atoms with E-state index in [1.807, 2.05) is 54.6 Å². The van der Waals surface area contributed by atoms with E-state index in [9.17, 15) is 4.79 Å². The van der Waals surface area contributed by atoms with Crippen molar-refractivity contribution in [2.45, 2.75) is 24.8 Å². The van der Waals surface area contributed by atoms with Crippen molar-refractivity contribution in [3.8, 4) is 0 Å². The molecule has 3 aromatic rings. The summed E-state index contributed by atoms with van der Waals surface area (Å²) >= 11 is 12.7. The van der Waals surface area contributed by atoms with Gasteiger partial charge in [-0.05, 0) is 47.7 Å². The Labute approximate surface area is 185 Å². The molecule has 0 amide bonds. The quantitative estimate of drug-likeness (QED) is 0.457. The van der Waals surface area contributed by atoms with Crippen molar-refractivity contribution in [2.75, 3.05) is 10.6 Å². The predicted molar refractivity (Wildman–Crippen MR) is 123 cm³/mol. The first-order chi connectivity index (χ1) is 14.6. The molecule has 150 valence electrons. The van der Waals surface area contributed by atoms with Gasteiger partial charge in [-0.1, -0.05) is 71.7 Å². The molecule has 0 saturated heterocycles. The minimum absolute atomic E-state index is 0.133. The van der Waals surface area contributed by atoms with E-state index in [0.717, 1.165) is 34.6 Å². The Morgan fingerprint density at radius 3 is 2.33 bits per heavy atom. The fourth-order valence-electron chi connectivity index (χ4n) is 4.42. The van der Waals surface area contributed by atoms with Crippen LogP contribution in [0.1, 0.15) is 35.9 Å². The van der Waals surface area contributed by atoms with Crippen molar-refractivity contribution in [3.63, 3.8) is 0 Å². The monoisotopic (exact) mass is 434 g/mol. The van der Waals surface area contributed by atoms with Gasteiger partial charge in [0.15, 0.2) is 5.78 Å². The number of fused-ring (bicyclic) bond motifs is 1. The third kappa shape index (κ3) is 3.49. The van der Waals surface area contributed by atoms with Crippen LogP contribution < -0.4 is 10.6 Å². The van der Waals surface area contributed by atoms with E-state index >= 15 is 0 Å². The van der Waals surface area contributed by atoms with Crippen LogP contribution in [-0.2, 0) is 4.79 Å². The summed E-state index contributed by atoms with van der Waals surface area (Å²) in [5.41, 5.74) is 5.63. The number of ketones is 1. The highest BCUT2D eigenvalue weighted by Gasteiger charge is 2.36. The highest BCUT2D eigenvalue weighted by Crippen LogP contribution is 2.45. The molecule has 0 unspecified atom stereocenters. The summed E-state index contributed by atoms with van der Waals surface area (Å²) in [6.45, 7) is 0. The molecule has 2 N–H and O–H groups in total. The van der Waals surface area contributed by atoms with Crippen LogP contribution in [0, 0.1) is 0 Å². The third-order valence-corrected chi connectivity index (χ3v) is 6.42. The number of carbonyl (C=O) groups excluding carboxylic acids is 1. The highest BCUT2D eigenvalue weighted by atomic mass is 35.5. The second kappa shape index (κ2) is 7.82. The first-order valence-electron chi connectivity index (χ1n) is 9.99. The molecule has 2 aliphatic rings. The number of rotatable bonds is 2. The number of halogens is 2. The summed E-state index contributed by atoms with van der Waals surface area (Å²) in [7, 11) is 0. The van der Waals surface area contributed by atoms with Crippen LogP contribution in [0.3, 0.4) is 0 Å². The molecule has 3 aromatic carbocycles. The van der Waals surface area contributed by atoms with E-state index in [1.165, 1.54) is 5.56 Å². The van der Waals surface area contributed by atoms with Crippen molar-refractivity contribution in [1.82, 2.24) is 0 Å². The lowest BCUT2D eigenvalue weighted by atomic mass is 9.78. The van der Waals surface area contributed by atoms with Crippen LogP contribution in [0.2, 0.25) is 10.0 Å². The number of hydrogen-bond acceptors (Lipinski definition) is 3. The second-order valence-electron chi connectivity index (χ2n) is 7.75. The average molecular weight is 435 g/mol. The molecular weight excluding hydrogens is 415 g/mol. The fraction of sp³-hybridized carbons (Fsp3) is 0.160. The van der Waals surface area contributed by atoms with Gasteiger partial charge < -0.3 is 10.6 Å². The lowest BCUT2D eigenvalue weighted by Gasteiger charge is -2.30. The normalized spacial score (nSPS) is 20.5.